The second kappa shape index (κ2) is 7.02. The van der Waals surface area contributed by atoms with E-state index in [1.807, 2.05) is 0 Å². The minimum Gasteiger partial charge on any atom is -0.322 e. The van der Waals surface area contributed by atoms with Crippen LogP contribution in [0.15, 0.2) is 53.4 Å². The Kier molecular flexibility index (Phi) is 5.09. The Morgan fingerprint density at radius 2 is 1.81 bits per heavy atom. The standard InChI is InChI=1S/C17H16ClNO5S2/c18-13-4-6-14(7-5-13)19-17(20)12-2-1-3-15(10-12)26(23,24)16-8-9-25(21,22)11-16/h1-7,10,16H,8-9,11H2,(H,19,20)/t16-/m1/s1. The Labute approximate surface area is 157 Å². The molecule has 0 radical (unpaired) electrons. The number of benzene rings is 2. The molecule has 6 nitrogen and oxygen atoms in total. The molecule has 1 amide bonds. The topological polar surface area (TPSA) is 97.4 Å². The van der Waals surface area contributed by atoms with Crippen LogP contribution in [0.25, 0.3) is 0 Å². The quantitative estimate of drug-likeness (QED) is 0.830. The zero-order valence-electron chi connectivity index (χ0n) is 13.6. The number of carbonyl (C=O) groups is 1. The number of anilines is 1. The summed E-state index contributed by atoms with van der Waals surface area (Å²) < 4.78 is 48.5. The lowest BCUT2D eigenvalue weighted by Gasteiger charge is -2.11. The van der Waals surface area contributed by atoms with Crippen molar-refractivity contribution in [3.63, 3.8) is 0 Å². The number of carbonyl (C=O) groups excluding carboxylic acids is 1. The summed E-state index contributed by atoms with van der Waals surface area (Å²) in [4.78, 5) is 12.3. The molecule has 0 bridgehead atoms. The third-order valence-electron chi connectivity index (χ3n) is 4.16. The number of amides is 1. The highest BCUT2D eigenvalue weighted by atomic mass is 35.5. The van der Waals surface area contributed by atoms with E-state index in [-0.39, 0.29) is 28.4 Å². The Bertz CT molecular complexity index is 1050. The van der Waals surface area contributed by atoms with Crippen LogP contribution in [-0.2, 0) is 19.7 Å². The lowest BCUT2D eigenvalue weighted by molar-refractivity contribution is 0.102. The fourth-order valence-electron chi connectivity index (χ4n) is 2.75. The molecule has 0 saturated carbocycles. The number of hydrogen-bond donors (Lipinski definition) is 1. The van der Waals surface area contributed by atoms with Crippen molar-refractivity contribution in [1.29, 1.82) is 0 Å². The second-order valence-corrected chi connectivity index (χ2v) is 11.0. The highest BCUT2D eigenvalue weighted by Crippen LogP contribution is 2.26. The molecule has 2 aromatic carbocycles. The maximum atomic E-state index is 12.7. The molecular weight excluding hydrogens is 398 g/mol. The van der Waals surface area contributed by atoms with Gasteiger partial charge in [-0.15, -0.1) is 0 Å². The molecule has 138 valence electrons. The number of hydrogen-bond acceptors (Lipinski definition) is 5. The molecule has 1 atom stereocenters. The first-order valence-electron chi connectivity index (χ1n) is 7.79. The van der Waals surface area contributed by atoms with Gasteiger partial charge in [-0.05, 0) is 48.9 Å². The van der Waals surface area contributed by atoms with E-state index in [4.69, 9.17) is 11.6 Å². The molecule has 0 aliphatic carbocycles. The van der Waals surface area contributed by atoms with E-state index in [1.165, 1.54) is 24.3 Å². The van der Waals surface area contributed by atoms with E-state index in [0.717, 1.165) is 0 Å². The third kappa shape index (κ3) is 4.08. The molecule has 0 aromatic heterocycles. The Hall–Kier alpha value is -1.90. The smallest absolute Gasteiger partial charge is 0.255 e. The predicted molar refractivity (Wildman–Crippen MR) is 100 cm³/mol. The van der Waals surface area contributed by atoms with Crippen molar-refractivity contribution >= 4 is 42.9 Å². The number of nitrogens with one attached hydrogen (secondary N) is 1. The molecule has 2 aromatic rings. The highest BCUT2D eigenvalue weighted by Gasteiger charge is 2.38. The monoisotopic (exact) mass is 413 g/mol. The molecule has 1 saturated heterocycles. The van der Waals surface area contributed by atoms with Crippen molar-refractivity contribution in [3.05, 3.63) is 59.1 Å². The zero-order valence-corrected chi connectivity index (χ0v) is 15.9. The summed E-state index contributed by atoms with van der Waals surface area (Å²) in [7, 11) is -7.15. The molecule has 1 N–H and O–H groups in total. The van der Waals surface area contributed by atoms with Gasteiger partial charge >= 0.3 is 0 Å². The van der Waals surface area contributed by atoms with Crippen LogP contribution >= 0.6 is 11.6 Å². The third-order valence-corrected chi connectivity index (χ3v) is 8.58. The first-order valence-corrected chi connectivity index (χ1v) is 11.5. The number of rotatable bonds is 4. The van der Waals surface area contributed by atoms with Crippen molar-refractivity contribution in [2.24, 2.45) is 0 Å². The van der Waals surface area contributed by atoms with Crippen LogP contribution in [0.1, 0.15) is 16.8 Å². The number of halogens is 1. The maximum Gasteiger partial charge on any atom is 0.255 e. The highest BCUT2D eigenvalue weighted by molar-refractivity contribution is 7.96. The lowest BCUT2D eigenvalue weighted by Crippen LogP contribution is -2.23. The van der Waals surface area contributed by atoms with Crippen molar-refractivity contribution in [3.8, 4) is 0 Å². The minimum atomic E-state index is -3.82. The summed E-state index contributed by atoms with van der Waals surface area (Å²) in [6, 6.07) is 12.1. The van der Waals surface area contributed by atoms with Crippen molar-refractivity contribution in [1.82, 2.24) is 0 Å². The van der Waals surface area contributed by atoms with Gasteiger partial charge in [0.2, 0.25) is 0 Å². The van der Waals surface area contributed by atoms with Crippen LogP contribution in [-0.4, -0.2) is 39.5 Å². The SMILES string of the molecule is O=C(Nc1ccc(Cl)cc1)c1cccc(S(=O)(=O)[C@@H]2CCS(=O)(=O)C2)c1. The molecule has 3 rings (SSSR count). The largest absolute Gasteiger partial charge is 0.322 e. The predicted octanol–water partition coefficient (Wildman–Crippen LogP) is 2.55. The summed E-state index contributed by atoms with van der Waals surface area (Å²) in [5.41, 5.74) is 0.691. The van der Waals surface area contributed by atoms with Crippen LogP contribution in [0.2, 0.25) is 5.02 Å². The normalized spacial score (nSPS) is 19.2. The fourth-order valence-corrected chi connectivity index (χ4v) is 7.28. The lowest BCUT2D eigenvalue weighted by atomic mass is 10.2. The summed E-state index contributed by atoms with van der Waals surface area (Å²) in [5.74, 6) is -0.979. The molecular formula is C17H16ClNO5S2. The Morgan fingerprint density at radius 3 is 2.42 bits per heavy atom. The minimum absolute atomic E-state index is 0.0524. The molecule has 9 heteroatoms. The van der Waals surface area contributed by atoms with Gasteiger partial charge in [0.1, 0.15) is 0 Å². The van der Waals surface area contributed by atoms with Crippen molar-refractivity contribution < 1.29 is 21.6 Å². The van der Waals surface area contributed by atoms with E-state index in [1.54, 1.807) is 24.3 Å². The maximum absolute atomic E-state index is 12.7. The van der Waals surface area contributed by atoms with Gasteiger partial charge in [0, 0.05) is 16.3 Å². The van der Waals surface area contributed by atoms with Crippen LogP contribution in [0.4, 0.5) is 5.69 Å². The van der Waals surface area contributed by atoms with E-state index in [0.29, 0.717) is 10.7 Å². The number of sulfone groups is 2. The van der Waals surface area contributed by atoms with Gasteiger partial charge in [-0.2, -0.15) is 0 Å². The summed E-state index contributed by atoms with van der Waals surface area (Å²) in [6.45, 7) is 0. The van der Waals surface area contributed by atoms with E-state index in [2.05, 4.69) is 5.32 Å². The van der Waals surface area contributed by atoms with Gasteiger partial charge in [0.25, 0.3) is 5.91 Å². The van der Waals surface area contributed by atoms with Crippen molar-refractivity contribution in [2.45, 2.75) is 16.6 Å². The van der Waals surface area contributed by atoms with Crippen LogP contribution in [0, 0.1) is 0 Å². The van der Waals surface area contributed by atoms with Gasteiger partial charge in [0.15, 0.2) is 19.7 Å². The summed E-state index contributed by atoms with van der Waals surface area (Å²) in [6.07, 6.45) is 0.0753. The first-order chi connectivity index (χ1) is 12.2. The summed E-state index contributed by atoms with van der Waals surface area (Å²) in [5, 5.41) is 2.22. The molecule has 1 aliphatic rings. The molecule has 1 fully saturated rings. The molecule has 26 heavy (non-hydrogen) atoms. The van der Waals surface area contributed by atoms with E-state index < -0.39 is 30.8 Å². The van der Waals surface area contributed by atoms with Crippen LogP contribution in [0.5, 0.6) is 0 Å². The van der Waals surface area contributed by atoms with Crippen LogP contribution in [0.3, 0.4) is 0 Å². The average molecular weight is 414 g/mol. The van der Waals surface area contributed by atoms with E-state index >= 15 is 0 Å². The van der Waals surface area contributed by atoms with Gasteiger partial charge < -0.3 is 5.32 Å². The Morgan fingerprint density at radius 1 is 1.12 bits per heavy atom. The first kappa shape index (κ1) is 18.9. The van der Waals surface area contributed by atoms with Gasteiger partial charge in [-0.1, -0.05) is 17.7 Å². The fraction of sp³-hybridized carbons (Fsp3) is 0.235. The van der Waals surface area contributed by atoms with Gasteiger partial charge in [0.05, 0.1) is 21.7 Å². The van der Waals surface area contributed by atoms with Gasteiger partial charge in [-0.25, -0.2) is 16.8 Å². The van der Waals surface area contributed by atoms with E-state index in [9.17, 15) is 21.6 Å². The summed E-state index contributed by atoms with van der Waals surface area (Å²) >= 11 is 5.80. The second-order valence-electron chi connectivity index (χ2n) is 6.06. The van der Waals surface area contributed by atoms with Crippen LogP contribution < -0.4 is 5.32 Å². The Balaban J connectivity index is 1.83. The van der Waals surface area contributed by atoms with Gasteiger partial charge in [-0.3, -0.25) is 4.79 Å². The van der Waals surface area contributed by atoms with Crippen molar-refractivity contribution in [2.75, 3.05) is 16.8 Å². The molecule has 1 aliphatic heterocycles. The molecule has 1 heterocycles. The zero-order chi connectivity index (χ0) is 18.9. The molecule has 0 unspecified atom stereocenters. The molecule has 0 spiro atoms. The average Bonchev–Trinajstić information content (AvgIpc) is 2.98.